The molecular formula is C34H30O6Zr. The molecule has 0 spiro atoms. The number of benzene rings is 4. The van der Waals surface area contributed by atoms with E-state index in [0.717, 1.165) is 0 Å². The third-order valence-corrected chi connectivity index (χ3v) is 5.79. The Bertz CT molecular complexity index is 1410. The van der Waals surface area contributed by atoms with E-state index in [2.05, 4.69) is 84.9 Å². The van der Waals surface area contributed by atoms with Gasteiger partial charge in [0.15, 0.2) is 12.2 Å². The van der Waals surface area contributed by atoms with Crippen LogP contribution < -0.4 is 0 Å². The van der Waals surface area contributed by atoms with Crippen LogP contribution in [0.1, 0.15) is 23.3 Å². The molecule has 6 rings (SSSR count). The molecule has 0 aromatic heterocycles. The van der Waals surface area contributed by atoms with Crippen molar-refractivity contribution in [2.45, 2.75) is 12.2 Å². The summed E-state index contributed by atoms with van der Waals surface area (Å²) < 4.78 is 0. The van der Waals surface area contributed by atoms with Gasteiger partial charge in [-0.3, -0.25) is 0 Å². The molecule has 7 heteroatoms. The fourth-order valence-electron chi connectivity index (χ4n) is 3.70. The third kappa shape index (κ3) is 10.7. The zero-order chi connectivity index (χ0) is 28.7. The Labute approximate surface area is 257 Å². The molecule has 6 aromatic rings. The van der Waals surface area contributed by atoms with Crippen molar-refractivity contribution < 1.29 is 56.2 Å². The van der Waals surface area contributed by atoms with Crippen molar-refractivity contribution in [2.24, 2.45) is 0 Å². The second kappa shape index (κ2) is 17.5. The molecule has 2 atom stereocenters. The van der Waals surface area contributed by atoms with Crippen LogP contribution in [0.2, 0.25) is 0 Å². The summed E-state index contributed by atoms with van der Waals surface area (Å²) in [4.78, 5) is 20.5. The van der Waals surface area contributed by atoms with Gasteiger partial charge in [-0.25, -0.2) is 9.59 Å². The number of aliphatic hydroxyl groups excluding tert-OH is 2. The van der Waals surface area contributed by atoms with Crippen LogP contribution >= 0.6 is 0 Å². The minimum absolute atomic E-state index is 0. The van der Waals surface area contributed by atoms with Crippen LogP contribution in [0.5, 0.6) is 0 Å². The van der Waals surface area contributed by atoms with Crippen molar-refractivity contribution in [3.8, 4) is 0 Å². The predicted octanol–water partition coefficient (Wildman–Crippen LogP) is 6.72. The fraction of sp³-hybridized carbons (Fsp3) is 0.0588. The van der Waals surface area contributed by atoms with E-state index in [0.29, 0.717) is 11.1 Å². The van der Waals surface area contributed by atoms with E-state index < -0.39 is 24.1 Å². The number of hydrogen-bond acceptors (Lipinski definition) is 4. The molecule has 0 heterocycles. The Morgan fingerprint density at radius 2 is 0.805 bits per heavy atom. The first-order valence-electron chi connectivity index (χ1n) is 12.5. The maximum Gasteiger partial charge on any atom is 2.00 e. The quantitative estimate of drug-likeness (QED) is 0.162. The Morgan fingerprint density at radius 3 is 1.12 bits per heavy atom. The van der Waals surface area contributed by atoms with Gasteiger partial charge in [-0.1, -0.05) is 72.8 Å². The van der Waals surface area contributed by atoms with Gasteiger partial charge in [-0.15, -0.1) is 59.3 Å². The van der Waals surface area contributed by atoms with Gasteiger partial charge in [-0.2, -0.15) is 35.0 Å². The van der Waals surface area contributed by atoms with Gasteiger partial charge in [0.1, 0.15) is 0 Å². The number of aliphatic carboxylic acids is 2. The number of fused-ring (bicyclic) bond motifs is 2. The molecule has 0 fully saturated rings. The molecule has 0 aliphatic rings. The second-order valence-electron chi connectivity index (χ2n) is 8.61. The first-order valence-corrected chi connectivity index (χ1v) is 12.5. The Hall–Kier alpha value is -4.16. The first-order chi connectivity index (χ1) is 19.4. The molecule has 0 saturated carbocycles. The molecule has 0 saturated heterocycles. The summed E-state index contributed by atoms with van der Waals surface area (Å²) >= 11 is 0. The Morgan fingerprint density at radius 1 is 0.488 bits per heavy atom. The maximum absolute atomic E-state index is 10.2. The number of hydrogen-bond donors (Lipinski definition) is 4. The number of aliphatic hydroxyl groups is 2. The molecule has 6 aromatic carbocycles. The van der Waals surface area contributed by atoms with Gasteiger partial charge in [0.25, 0.3) is 0 Å². The molecule has 4 N–H and O–H groups in total. The summed E-state index contributed by atoms with van der Waals surface area (Å²) in [5.74, 6) is -2.45. The van der Waals surface area contributed by atoms with Gasteiger partial charge >= 0.3 is 38.1 Å². The van der Waals surface area contributed by atoms with Crippen LogP contribution in [0.4, 0.5) is 0 Å². The van der Waals surface area contributed by atoms with Crippen molar-refractivity contribution in [3.63, 3.8) is 0 Å². The van der Waals surface area contributed by atoms with Gasteiger partial charge in [0.2, 0.25) is 0 Å². The largest absolute Gasteiger partial charge is 2.00 e. The summed E-state index contributed by atoms with van der Waals surface area (Å²) in [6, 6.07) is 45.9. The van der Waals surface area contributed by atoms with Crippen LogP contribution in [0.15, 0.2) is 146 Å². The molecular weight excluding hydrogens is 596 g/mol. The summed E-state index contributed by atoms with van der Waals surface area (Å²) in [5.41, 5.74) is 0.806. The molecule has 2 unspecified atom stereocenters. The van der Waals surface area contributed by atoms with Crippen LogP contribution in [0.3, 0.4) is 0 Å². The van der Waals surface area contributed by atoms with E-state index >= 15 is 0 Å². The van der Waals surface area contributed by atoms with Crippen LogP contribution in [-0.2, 0) is 35.8 Å². The fourth-order valence-corrected chi connectivity index (χ4v) is 3.70. The minimum atomic E-state index is -1.41. The van der Waals surface area contributed by atoms with Crippen molar-refractivity contribution in [3.05, 3.63) is 157 Å². The van der Waals surface area contributed by atoms with E-state index in [4.69, 9.17) is 20.4 Å². The number of rotatable bonds is 4. The predicted molar refractivity (Wildman–Crippen MR) is 157 cm³/mol. The van der Waals surface area contributed by atoms with Gasteiger partial charge in [-0.05, 0) is 11.1 Å². The van der Waals surface area contributed by atoms with E-state index in [1.165, 1.54) is 21.5 Å². The van der Waals surface area contributed by atoms with Crippen molar-refractivity contribution in [2.75, 3.05) is 0 Å². The normalized spacial score (nSPS) is 11.2. The monoisotopic (exact) mass is 624 g/mol. The Kier molecular flexibility index (Phi) is 14.1. The van der Waals surface area contributed by atoms with E-state index in [1.54, 1.807) is 60.7 Å². The molecule has 0 radical (unpaired) electrons. The number of carboxylic acids is 2. The average molecular weight is 626 g/mol. The summed E-state index contributed by atoms with van der Waals surface area (Å²) in [6.07, 6.45) is -2.81. The third-order valence-electron chi connectivity index (χ3n) is 5.79. The summed E-state index contributed by atoms with van der Waals surface area (Å²) in [5, 5.41) is 40.1. The van der Waals surface area contributed by atoms with Crippen LogP contribution in [0, 0.1) is 0 Å². The molecule has 0 aliphatic carbocycles. The number of carbonyl (C=O) groups is 2. The van der Waals surface area contributed by atoms with Gasteiger partial charge in [0, 0.05) is 0 Å². The Balaban J connectivity index is 0.000000190. The summed E-state index contributed by atoms with van der Waals surface area (Å²) in [7, 11) is 0. The molecule has 0 bridgehead atoms. The van der Waals surface area contributed by atoms with Crippen molar-refractivity contribution in [1.82, 2.24) is 0 Å². The van der Waals surface area contributed by atoms with E-state index in [-0.39, 0.29) is 26.2 Å². The molecule has 41 heavy (non-hydrogen) atoms. The van der Waals surface area contributed by atoms with Crippen molar-refractivity contribution >= 4 is 33.5 Å². The van der Waals surface area contributed by atoms with E-state index in [9.17, 15) is 9.59 Å². The number of carboxylic acid groups (broad SMARTS) is 2. The SMILES string of the molecule is O=C(O)C(O)c1ccccc1.O=C(O)C(O)c1ccccc1.[Zr+2].c1ccc2[cH-]ccc2c1.c1ccc2[cH-]ccc2c1. The zero-order valence-electron chi connectivity index (χ0n) is 22.1. The standard InChI is InChI=1S/2C9H7.2C8H8O3.Zr/c2*1-2-5-9-7-3-6-8(9)4-1;2*9-7(8(10)11)6-4-2-1-3-5-6;/h2*1-7H;2*1-5,7,9H,(H,10,11);/q2*-1;;;+2. The summed E-state index contributed by atoms with van der Waals surface area (Å²) in [6.45, 7) is 0. The van der Waals surface area contributed by atoms with Crippen molar-refractivity contribution in [1.29, 1.82) is 0 Å². The first kappa shape index (κ1) is 33.1. The molecule has 6 nitrogen and oxygen atoms in total. The van der Waals surface area contributed by atoms with Crippen LogP contribution in [-0.4, -0.2) is 32.4 Å². The van der Waals surface area contributed by atoms with Gasteiger partial charge in [0.05, 0.1) is 0 Å². The molecule has 206 valence electrons. The topological polar surface area (TPSA) is 115 Å². The van der Waals surface area contributed by atoms with Crippen LogP contribution in [0.25, 0.3) is 21.5 Å². The minimum Gasteiger partial charge on any atom is -0.479 e. The smallest absolute Gasteiger partial charge is 0.479 e. The molecule has 0 amide bonds. The zero-order valence-corrected chi connectivity index (χ0v) is 24.6. The maximum atomic E-state index is 10.2. The molecule has 0 aliphatic heterocycles. The second-order valence-corrected chi connectivity index (χ2v) is 8.61. The average Bonchev–Trinajstić information content (AvgIpc) is 3.68. The van der Waals surface area contributed by atoms with E-state index in [1.807, 2.05) is 0 Å². The van der Waals surface area contributed by atoms with Gasteiger partial charge < -0.3 is 20.4 Å².